The number of hydrogen-bond donors (Lipinski definition) is 1. The van der Waals surface area contributed by atoms with Gasteiger partial charge in [-0.3, -0.25) is 14.7 Å². The lowest BCUT2D eigenvalue weighted by Gasteiger charge is -2.20. The van der Waals surface area contributed by atoms with Crippen molar-refractivity contribution in [2.24, 2.45) is 0 Å². The molecule has 3 rings (SSSR count). The molecular formula is C18H20ClN3O. The Bertz CT molecular complexity index is 677. The Balaban J connectivity index is 1.60. The third-order valence-electron chi connectivity index (χ3n) is 4.28. The van der Waals surface area contributed by atoms with E-state index in [0.29, 0.717) is 16.6 Å². The second kappa shape index (κ2) is 7.11. The van der Waals surface area contributed by atoms with Gasteiger partial charge in [-0.15, -0.1) is 0 Å². The summed E-state index contributed by atoms with van der Waals surface area (Å²) in [6.45, 7) is 3.96. The van der Waals surface area contributed by atoms with E-state index >= 15 is 0 Å². The normalized spacial score (nSPS) is 21.3. The van der Waals surface area contributed by atoms with E-state index in [4.69, 9.17) is 11.6 Å². The average molecular weight is 330 g/mol. The van der Waals surface area contributed by atoms with E-state index in [1.54, 1.807) is 12.3 Å². The smallest absolute Gasteiger partial charge is 0.253 e. The van der Waals surface area contributed by atoms with E-state index in [9.17, 15) is 4.79 Å². The van der Waals surface area contributed by atoms with Gasteiger partial charge in [0.2, 0.25) is 0 Å². The fraction of sp³-hybridized carbons (Fsp3) is 0.333. The van der Waals surface area contributed by atoms with Gasteiger partial charge in [0.1, 0.15) is 0 Å². The van der Waals surface area contributed by atoms with Crippen molar-refractivity contribution in [2.45, 2.75) is 32.0 Å². The van der Waals surface area contributed by atoms with Gasteiger partial charge in [-0.1, -0.05) is 41.9 Å². The van der Waals surface area contributed by atoms with Gasteiger partial charge in [0.05, 0.1) is 10.6 Å². The van der Waals surface area contributed by atoms with Crippen molar-refractivity contribution in [3.05, 3.63) is 64.9 Å². The molecule has 1 N–H and O–H groups in total. The van der Waals surface area contributed by atoms with Crippen LogP contribution in [0.5, 0.6) is 0 Å². The van der Waals surface area contributed by atoms with Gasteiger partial charge in [0, 0.05) is 37.6 Å². The standard InChI is InChI=1S/C18H20ClN3O/c1-13-9-15(12-22(13)11-14-5-3-2-4-6-14)21-18(23)16-7-8-20-10-17(16)19/h2-8,10,13,15H,9,11-12H2,1H3,(H,21,23)/t13-,15+/m0/s1. The number of likely N-dealkylation sites (tertiary alicyclic amines) is 1. The Morgan fingerprint density at radius 3 is 2.87 bits per heavy atom. The quantitative estimate of drug-likeness (QED) is 0.937. The van der Waals surface area contributed by atoms with Crippen LogP contribution in [0.1, 0.15) is 29.3 Å². The van der Waals surface area contributed by atoms with E-state index in [1.165, 1.54) is 11.8 Å². The van der Waals surface area contributed by atoms with Gasteiger partial charge < -0.3 is 5.32 Å². The predicted molar refractivity (Wildman–Crippen MR) is 91.4 cm³/mol. The zero-order chi connectivity index (χ0) is 16.2. The molecule has 1 aliphatic heterocycles. The summed E-state index contributed by atoms with van der Waals surface area (Å²) in [5, 5.41) is 3.48. The summed E-state index contributed by atoms with van der Waals surface area (Å²) in [5.74, 6) is -0.129. The summed E-state index contributed by atoms with van der Waals surface area (Å²) in [5.41, 5.74) is 1.78. The number of pyridine rings is 1. The predicted octanol–water partition coefficient (Wildman–Crippen LogP) is 3.13. The van der Waals surface area contributed by atoms with Gasteiger partial charge in [-0.2, -0.15) is 0 Å². The number of carbonyl (C=O) groups excluding carboxylic acids is 1. The number of nitrogens with zero attached hydrogens (tertiary/aromatic N) is 2. The molecule has 2 aromatic rings. The Labute approximate surface area is 141 Å². The van der Waals surface area contributed by atoms with Crippen LogP contribution in [0.25, 0.3) is 0 Å². The average Bonchev–Trinajstić information content (AvgIpc) is 2.88. The minimum absolute atomic E-state index is 0.129. The molecule has 1 aromatic heterocycles. The number of nitrogens with one attached hydrogen (secondary N) is 1. The largest absolute Gasteiger partial charge is 0.348 e. The number of carbonyl (C=O) groups is 1. The zero-order valence-corrected chi connectivity index (χ0v) is 13.8. The van der Waals surface area contributed by atoms with Crippen LogP contribution >= 0.6 is 11.6 Å². The van der Waals surface area contributed by atoms with Crippen LogP contribution in [0.15, 0.2) is 48.8 Å². The van der Waals surface area contributed by atoms with Crippen molar-refractivity contribution in [1.29, 1.82) is 0 Å². The van der Waals surface area contributed by atoms with E-state index < -0.39 is 0 Å². The summed E-state index contributed by atoms with van der Waals surface area (Å²) >= 11 is 6.04. The van der Waals surface area contributed by atoms with Crippen molar-refractivity contribution in [2.75, 3.05) is 6.54 Å². The number of benzene rings is 1. The molecule has 0 unspecified atom stereocenters. The molecule has 1 aromatic carbocycles. The highest BCUT2D eigenvalue weighted by Gasteiger charge is 2.30. The van der Waals surface area contributed by atoms with E-state index in [-0.39, 0.29) is 11.9 Å². The summed E-state index contributed by atoms with van der Waals surface area (Å²) in [6.07, 6.45) is 4.02. The van der Waals surface area contributed by atoms with Crippen LogP contribution in [0.3, 0.4) is 0 Å². The zero-order valence-electron chi connectivity index (χ0n) is 13.1. The Hall–Kier alpha value is -1.91. The summed E-state index contributed by atoms with van der Waals surface area (Å²) in [7, 11) is 0. The van der Waals surface area contributed by atoms with Crippen LogP contribution < -0.4 is 5.32 Å². The Morgan fingerprint density at radius 2 is 2.13 bits per heavy atom. The fourth-order valence-corrected chi connectivity index (χ4v) is 3.27. The number of rotatable bonds is 4. The molecule has 1 amide bonds. The lowest BCUT2D eigenvalue weighted by molar-refractivity contribution is 0.0937. The monoisotopic (exact) mass is 329 g/mol. The van der Waals surface area contributed by atoms with Crippen LogP contribution in [-0.4, -0.2) is 34.4 Å². The molecule has 1 aliphatic rings. The van der Waals surface area contributed by atoms with Crippen LogP contribution in [-0.2, 0) is 6.54 Å². The first-order valence-corrected chi connectivity index (χ1v) is 8.19. The van der Waals surface area contributed by atoms with Crippen molar-refractivity contribution in [1.82, 2.24) is 15.2 Å². The maximum absolute atomic E-state index is 12.4. The molecular weight excluding hydrogens is 310 g/mol. The van der Waals surface area contributed by atoms with Gasteiger partial charge >= 0.3 is 0 Å². The lowest BCUT2D eigenvalue weighted by Crippen LogP contribution is -2.37. The third-order valence-corrected chi connectivity index (χ3v) is 4.59. The Morgan fingerprint density at radius 1 is 1.35 bits per heavy atom. The molecule has 2 atom stereocenters. The number of aromatic nitrogens is 1. The van der Waals surface area contributed by atoms with Gasteiger partial charge in [-0.05, 0) is 25.0 Å². The highest BCUT2D eigenvalue weighted by molar-refractivity contribution is 6.33. The molecule has 2 heterocycles. The van der Waals surface area contributed by atoms with Crippen LogP contribution in [0.2, 0.25) is 5.02 Å². The van der Waals surface area contributed by atoms with Crippen LogP contribution in [0.4, 0.5) is 0 Å². The number of amides is 1. The molecule has 0 saturated carbocycles. The first kappa shape index (κ1) is 16.0. The molecule has 4 nitrogen and oxygen atoms in total. The van der Waals surface area contributed by atoms with Crippen molar-refractivity contribution >= 4 is 17.5 Å². The molecule has 5 heteroatoms. The van der Waals surface area contributed by atoms with Gasteiger partial charge in [0.25, 0.3) is 5.91 Å². The van der Waals surface area contributed by atoms with E-state index in [0.717, 1.165) is 19.5 Å². The maximum Gasteiger partial charge on any atom is 0.253 e. The highest BCUT2D eigenvalue weighted by Crippen LogP contribution is 2.21. The van der Waals surface area contributed by atoms with E-state index in [1.807, 2.05) is 6.07 Å². The molecule has 0 aliphatic carbocycles. The number of hydrogen-bond acceptors (Lipinski definition) is 3. The maximum atomic E-state index is 12.4. The molecule has 1 saturated heterocycles. The van der Waals surface area contributed by atoms with Crippen molar-refractivity contribution in [3.8, 4) is 0 Å². The minimum atomic E-state index is -0.129. The van der Waals surface area contributed by atoms with Crippen molar-refractivity contribution in [3.63, 3.8) is 0 Å². The minimum Gasteiger partial charge on any atom is -0.348 e. The van der Waals surface area contributed by atoms with Crippen LogP contribution in [0, 0.1) is 0 Å². The summed E-state index contributed by atoms with van der Waals surface area (Å²) < 4.78 is 0. The fourth-order valence-electron chi connectivity index (χ4n) is 3.06. The summed E-state index contributed by atoms with van der Waals surface area (Å²) in [4.78, 5) is 18.7. The second-order valence-electron chi connectivity index (χ2n) is 6.03. The SMILES string of the molecule is C[C@H]1C[C@@H](NC(=O)c2ccncc2Cl)CN1Cc1ccccc1. The molecule has 23 heavy (non-hydrogen) atoms. The van der Waals surface area contributed by atoms with Gasteiger partial charge in [0.15, 0.2) is 0 Å². The third kappa shape index (κ3) is 3.89. The summed E-state index contributed by atoms with van der Waals surface area (Å²) in [6, 6.07) is 12.6. The van der Waals surface area contributed by atoms with Crippen molar-refractivity contribution < 1.29 is 4.79 Å². The first-order chi connectivity index (χ1) is 11.1. The molecule has 0 spiro atoms. The second-order valence-corrected chi connectivity index (χ2v) is 6.43. The molecule has 120 valence electrons. The topological polar surface area (TPSA) is 45.2 Å². The molecule has 0 radical (unpaired) electrons. The lowest BCUT2D eigenvalue weighted by atomic mass is 10.1. The van der Waals surface area contributed by atoms with E-state index in [2.05, 4.69) is 46.4 Å². The molecule has 1 fully saturated rings. The Kier molecular flexibility index (Phi) is 4.94. The highest BCUT2D eigenvalue weighted by atomic mass is 35.5. The number of halogens is 1. The molecule has 0 bridgehead atoms. The van der Waals surface area contributed by atoms with Gasteiger partial charge in [-0.25, -0.2) is 0 Å². The first-order valence-electron chi connectivity index (χ1n) is 7.82.